The molecule has 20 heavy (non-hydrogen) atoms. The molecule has 0 radical (unpaired) electrons. The van der Waals surface area contributed by atoms with Crippen LogP contribution in [-0.4, -0.2) is 42.4 Å². The van der Waals surface area contributed by atoms with Crippen molar-refractivity contribution < 1.29 is 19.4 Å². The molecular formula is C14H26N2O4. The molecule has 0 heterocycles. The summed E-state index contributed by atoms with van der Waals surface area (Å²) in [6.07, 6.45) is 3.45. The number of carbonyl (C=O) groups excluding carboxylic acids is 1. The van der Waals surface area contributed by atoms with E-state index < -0.39 is 5.97 Å². The molecule has 1 fully saturated rings. The summed E-state index contributed by atoms with van der Waals surface area (Å²) >= 11 is 0. The van der Waals surface area contributed by atoms with Gasteiger partial charge in [0.2, 0.25) is 0 Å². The molecule has 0 saturated heterocycles. The molecule has 1 saturated carbocycles. The molecule has 1 aliphatic rings. The van der Waals surface area contributed by atoms with Crippen LogP contribution in [0.4, 0.5) is 4.79 Å². The van der Waals surface area contributed by atoms with Gasteiger partial charge in [-0.1, -0.05) is 0 Å². The molecule has 0 aromatic rings. The third-order valence-electron chi connectivity index (χ3n) is 3.79. The zero-order chi connectivity index (χ0) is 15.2. The van der Waals surface area contributed by atoms with E-state index in [-0.39, 0.29) is 23.5 Å². The van der Waals surface area contributed by atoms with Crippen LogP contribution in [0.3, 0.4) is 0 Å². The first-order valence-corrected chi connectivity index (χ1v) is 7.14. The Balaban J connectivity index is 2.31. The number of methoxy groups -OCH3 is 1. The highest BCUT2D eigenvalue weighted by Crippen LogP contribution is 2.24. The van der Waals surface area contributed by atoms with E-state index >= 15 is 0 Å². The number of hydrogen-bond acceptors (Lipinski definition) is 3. The fourth-order valence-electron chi connectivity index (χ4n) is 2.43. The maximum absolute atomic E-state index is 11.9. The third-order valence-corrected chi connectivity index (χ3v) is 3.79. The summed E-state index contributed by atoms with van der Waals surface area (Å²) in [5.41, 5.74) is -0.321. The predicted octanol–water partition coefficient (Wildman–Crippen LogP) is 1.74. The molecular weight excluding hydrogens is 260 g/mol. The summed E-state index contributed by atoms with van der Waals surface area (Å²) in [5.74, 6) is -0.983. The van der Waals surface area contributed by atoms with Crippen LogP contribution < -0.4 is 10.6 Å². The Kier molecular flexibility index (Phi) is 6.26. The predicted molar refractivity (Wildman–Crippen MR) is 75.6 cm³/mol. The van der Waals surface area contributed by atoms with Crippen molar-refractivity contribution in [2.75, 3.05) is 13.7 Å². The van der Waals surface area contributed by atoms with Crippen LogP contribution in [0.25, 0.3) is 0 Å². The van der Waals surface area contributed by atoms with Gasteiger partial charge >= 0.3 is 12.0 Å². The highest BCUT2D eigenvalue weighted by atomic mass is 16.5. The van der Waals surface area contributed by atoms with Crippen molar-refractivity contribution in [3.8, 4) is 0 Å². The summed E-state index contributed by atoms with van der Waals surface area (Å²) in [6.45, 7) is 4.50. The van der Waals surface area contributed by atoms with Crippen LogP contribution >= 0.6 is 0 Å². The molecule has 3 N–H and O–H groups in total. The number of carboxylic acid groups (broad SMARTS) is 1. The van der Waals surface area contributed by atoms with Gasteiger partial charge in [-0.25, -0.2) is 4.79 Å². The molecule has 6 heteroatoms. The van der Waals surface area contributed by atoms with E-state index in [0.29, 0.717) is 19.4 Å². The standard InChI is InChI=1S/C14H26N2O4/c1-14(2,8-9-20-3)16-13(19)15-11-6-4-10(5-7-11)12(17)18/h10-11H,4-9H2,1-3H3,(H,17,18)(H2,15,16,19). The maximum atomic E-state index is 11.9. The first-order chi connectivity index (χ1) is 9.34. The molecule has 0 atom stereocenters. The average molecular weight is 286 g/mol. The van der Waals surface area contributed by atoms with E-state index in [0.717, 1.165) is 19.3 Å². The van der Waals surface area contributed by atoms with Gasteiger partial charge in [-0.05, 0) is 46.0 Å². The molecule has 1 aliphatic carbocycles. The summed E-state index contributed by atoms with van der Waals surface area (Å²) in [5, 5.41) is 14.8. The van der Waals surface area contributed by atoms with Gasteiger partial charge in [0, 0.05) is 25.3 Å². The largest absolute Gasteiger partial charge is 0.481 e. The molecule has 0 bridgehead atoms. The van der Waals surface area contributed by atoms with E-state index in [1.54, 1.807) is 7.11 Å². The van der Waals surface area contributed by atoms with Gasteiger partial charge in [0.05, 0.1) is 5.92 Å². The SMILES string of the molecule is COCCC(C)(C)NC(=O)NC1CCC(C(=O)O)CC1. The number of urea groups is 1. The summed E-state index contributed by atoms with van der Waals surface area (Å²) < 4.78 is 5.02. The monoisotopic (exact) mass is 286 g/mol. The third kappa shape index (κ3) is 5.77. The lowest BCUT2D eigenvalue weighted by molar-refractivity contribution is -0.142. The fourth-order valence-corrected chi connectivity index (χ4v) is 2.43. The first-order valence-electron chi connectivity index (χ1n) is 7.14. The molecule has 0 aromatic heterocycles. The van der Waals surface area contributed by atoms with Crippen molar-refractivity contribution >= 4 is 12.0 Å². The number of carboxylic acids is 1. The normalized spacial score (nSPS) is 23.1. The lowest BCUT2D eigenvalue weighted by Gasteiger charge is -2.30. The van der Waals surface area contributed by atoms with E-state index in [1.165, 1.54) is 0 Å². The minimum atomic E-state index is -0.728. The number of nitrogens with one attached hydrogen (secondary N) is 2. The Hall–Kier alpha value is -1.30. The van der Waals surface area contributed by atoms with E-state index in [4.69, 9.17) is 9.84 Å². The molecule has 0 spiro atoms. The zero-order valence-corrected chi connectivity index (χ0v) is 12.6. The van der Waals surface area contributed by atoms with Gasteiger partial charge in [0.25, 0.3) is 0 Å². The number of hydrogen-bond donors (Lipinski definition) is 3. The van der Waals surface area contributed by atoms with E-state index in [1.807, 2.05) is 13.8 Å². The topological polar surface area (TPSA) is 87.7 Å². The second-order valence-electron chi connectivity index (χ2n) is 6.11. The average Bonchev–Trinajstić information content (AvgIpc) is 2.36. The second kappa shape index (κ2) is 7.47. The number of aliphatic carboxylic acids is 1. The Bertz CT molecular complexity index is 336. The molecule has 0 unspecified atom stereocenters. The van der Waals surface area contributed by atoms with Crippen LogP contribution in [0.2, 0.25) is 0 Å². The van der Waals surface area contributed by atoms with Gasteiger partial charge in [-0.15, -0.1) is 0 Å². The van der Waals surface area contributed by atoms with Crippen molar-refractivity contribution in [2.24, 2.45) is 5.92 Å². The minimum absolute atomic E-state index is 0.0730. The van der Waals surface area contributed by atoms with Gasteiger partial charge in [-0.2, -0.15) is 0 Å². The van der Waals surface area contributed by atoms with Gasteiger partial charge in [0.1, 0.15) is 0 Å². The fraction of sp³-hybridized carbons (Fsp3) is 0.857. The van der Waals surface area contributed by atoms with Gasteiger partial charge in [0.15, 0.2) is 0 Å². The highest BCUT2D eigenvalue weighted by molar-refractivity contribution is 5.75. The maximum Gasteiger partial charge on any atom is 0.315 e. The van der Waals surface area contributed by atoms with Crippen LogP contribution in [0.15, 0.2) is 0 Å². The number of carbonyl (C=O) groups is 2. The quantitative estimate of drug-likeness (QED) is 0.694. The van der Waals surface area contributed by atoms with Crippen LogP contribution in [0.5, 0.6) is 0 Å². The lowest BCUT2D eigenvalue weighted by atomic mass is 9.86. The molecule has 2 amide bonds. The van der Waals surface area contributed by atoms with Gasteiger partial charge in [-0.3, -0.25) is 4.79 Å². The minimum Gasteiger partial charge on any atom is -0.481 e. The molecule has 1 rings (SSSR count). The Morgan fingerprint density at radius 1 is 1.25 bits per heavy atom. The second-order valence-corrected chi connectivity index (χ2v) is 6.11. The summed E-state index contributed by atoms with van der Waals surface area (Å²) in [6, 6.07) is -0.117. The summed E-state index contributed by atoms with van der Waals surface area (Å²) in [4.78, 5) is 22.8. The first kappa shape index (κ1) is 16.8. The van der Waals surface area contributed by atoms with E-state index in [9.17, 15) is 9.59 Å². The Morgan fingerprint density at radius 2 is 1.85 bits per heavy atom. The van der Waals surface area contributed by atoms with Crippen molar-refractivity contribution in [3.63, 3.8) is 0 Å². The van der Waals surface area contributed by atoms with Crippen molar-refractivity contribution in [2.45, 2.75) is 57.5 Å². The van der Waals surface area contributed by atoms with Crippen molar-refractivity contribution in [3.05, 3.63) is 0 Å². The molecule has 6 nitrogen and oxygen atoms in total. The van der Waals surface area contributed by atoms with Crippen LogP contribution in [-0.2, 0) is 9.53 Å². The number of rotatable bonds is 6. The Morgan fingerprint density at radius 3 is 2.35 bits per heavy atom. The summed E-state index contributed by atoms with van der Waals surface area (Å²) in [7, 11) is 1.64. The van der Waals surface area contributed by atoms with E-state index in [2.05, 4.69) is 10.6 Å². The van der Waals surface area contributed by atoms with Crippen molar-refractivity contribution in [1.29, 1.82) is 0 Å². The lowest BCUT2D eigenvalue weighted by Crippen LogP contribution is -2.52. The highest BCUT2D eigenvalue weighted by Gasteiger charge is 2.28. The number of amides is 2. The molecule has 0 aromatic carbocycles. The Labute approximate surface area is 120 Å². The van der Waals surface area contributed by atoms with Gasteiger partial charge < -0.3 is 20.5 Å². The zero-order valence-electron chi connectivity index (χ0n) is 12.6. The van der Waals surface area contributed by atoms with Crippen molar-refractivity contribution in [1.82, 2.24) is 10.6 Å². The smallest absolute Gasteiger partial charge is 0.315 e. The number of ether oxygens (including phenoxy) is 1. The molecule has 116 valence electrons. The van der Waals surface area contributed by atoms with Crippen LogP contribution in [0.1, 0.15) is 46.0 Å². The molecule has 0 aliphatic heterocycles. The van der Waals surface area contributed by atoms with Crippen LogP contribution in [0, 0.1) is 5.92 Å².